The molecule has 0 spiro atoms. The summed E-state index contributed by atoms with van der Waals surface area (Å²) in [5, 5.41) is 12.8. The second-order valence-corrected chi connectivity index (χ2v) is 4.16. The molecule has 1 aromatic rings. The first kappa shape index (κ1) is 15.7. The molecule has 0 radical (unpaired) electrons. The lowest BCUT2D eigenvalue weighted by molar-refractivity contribution is -0.140. The van der Waals surface area contributed by atoms with Crippen molar-refractivity contribution in [2.24, 2.45) is 5.73 Å². The first-order chi connectivity index (χ1) is 9.31. The summed E-state index contributed by atoms with van der Waals surface area (Å²) in [6.45, 7) is 0. The molecule has 0 saturated heterocycles. The quantitative estimate of drug-likeness (QED) is 0.646. The second kappa shape index (κ2) is 6.71. The molecule has 5 N–H and O–H groups in total. The Morgan fingerprint density at radius 3 is 2.55 bits per heavy atom. The van der Waals surface area contributed by atoms with Gasteiger partial charge in [-0.05, 0) is 12.1 Å². The van der Waals surface area contributed by atoms with Gasteiger partial charge in [0, 0.05) is 0 Å². The van der Waals surface area contributed by atoms with Crippen LogP contribution >= 0.6 is 11.6 Å². The Morgan fingerprint density at radius 2 is 2.05 bits per heavy atom. The molecule has 3 amide bonds. The number of hydrogen-bond acceptors (Lipinski definition) is 3. The van der Waals surface area contributed by atoms with Crippen LogP contribution in [0.15, 0.2) is 18.2 Å². The fourth-order valence-electron chi connectivity index (χ4n) is 1.33. The number of para-hydroxylation sites is 1. The van der Waals surface area contributed by atoms with Gasteiger partial charge in [-0.15, -0.1) is 0 Å². The summed E-state index contributed by atoms with van der Waals surface area (Å²) in [7, 11) is 0. The van der Waals surface area contributed by atoms with Crippen molar-refractivity contribution in [1.29, 1.82) is 0 Å². The molecule has 108 valence electrons. The summed E-state index contributed by atoms with van der Waals surface area (Å²) in [6, 6.07) is 1.22. The summed E-state index contributed by atoms with van der Waals surface area (Å²) in [5.41, 5.74) is 4.56. The van der Waals surface area contributed by atoms with Gasteiger partial charge in [0.25, 0.3) is 0 Å². The van der Waals surface area contributed by atoms with E-state index in [0.29, 0.717) is 0 Å². The van der Waals surface area contributed by atoms with Crippen LogP contribution < -0.4 is 16.4 Å². The number of nitrogens with one attached hydrogen (secondary N) is 2. The number of carboxylic acid groups (broad SMARTS) is 1. The van der Waals surface area contributed by atoms with Crippen molar-refractivity contribution in [3.05, 3.63) is 29.0 Å². The number of benzene rings is 1. The van der Waals surface area contributed by atoms with Crippen LogP contribution in [0.5, 0.6) is 0 Å². The third kappa shape index (κ3) is 4.39. The van der Waals surface area contributed by atoms with Crippen LogP contribution in [0.25, 0.3) is 0 Å². The Kier molecular flexibility index (Phi) is 5.27. The molecule has 0 unspecified atom stereocenters. The maximum atomic E-state index is 13.4. The Balaban J connectivity index is 2.76. The molecule has 0 aliphatic rings. The normalized spacial score (nSPS) is 11.5. The van der Waals surface area contributed by atoms with Crippen molar-refractivity contribution < 1.29 is 23.9 Å². The van der Waals surface area contributed by atoms with Gasteiger partial charge < -0.3 is 21.5 Å². The van der Waals surface area contributed by atoms with Crippen molar-refractivity contribution in [1.82, 2.24) is 5.32 Å². The van der Waals surface area contributed by atoms with E-state index in [1.54, 1.807) is 0 Å². The van der Waals surface area contributed by atoms with E-state index in [-0.39, 0.29) is 10.7 Å². The fraction of sp³-hybridized carbons (Fsp3) is 0.182. The van der Waals surface area contributed by atoms with Crippen LogP contribution in [0.4, 0.5) is 14.9 Å². The number of carbonyl (C=O) groups excluding carboxylic acids is 2. The van der Waals surface area contributed by atoms with Crippen molar-refractivity contribution in [3.63, 3.8) is 0 Å². The molecule has 0 aliphatic carbocycles. The van der Waals surface area contributed by atoms with Gasteiger partial charge in [0.05, 0.1) is 17.1 Å². The second-order valence-electron chi connectivity index (χ2n) is 3.76. The number of aliphatic carboxylic acids is 1. The Morgan fingerprint density at radius 1 is 1.40 bits per heavy atom. The third-order valence-electron chi connectivity index (χ3n) is 2.21. The summed E-state index contributed by atoms with van der Waals surface area (Å²) in [6.07, 6.45) is -0.590. The molecule has 9 heteroatoms. The number of urea groups is 1. The number of primary amides is 1. The summed E-state index contributed by atoms with van der Waals surface area (Å²) >= 11 is 5.68. The smallest absolute Gasteiger partial charge is 0.326 e. The Labute approximate surface area is 117 Å². The topological polar surface area (TPSA) is 122 Å². The van der Waals surface area contributed by atoms with Gasteiger partial charge >= 0.3 is 12.0 Å². The van der Waals surface area contributed by atoms with E-state index in [2.05, 4.69) is 5.32 Å². The van der Waals surface area contributed by atoms with E-state index in [4.69, 9.17) is 22.4 Å². The van der Waals surface area contributed by atoms with E-state index in [9.17, 15) is 18.8 Å². The van der Waals surface area contributed by atoms with Gasteiger partial charge in [-0.3, -0.25) is 4.79 Å². The number of carbonyl (C=O) groups is 3. The van der Waals surface area contributed by atoms with Gasteiger partial charge in [-0.25, -0.2) is 14.0 Å². The predicted octanol–water partition coefficient (Wildman–Crippen LogP) is 0.929. The van der Waals surface area contributed by atoms with E-state index in [1.807, 2.05) is 5.32 Å². The molecule has 0 aliphatic heterocycles. The summed E-state index contributed by atoms with van der Waals surface area (Å²) in [4.78, 5) is 33.0. The molecule has 0 heterocycles. The number of anilines is 1. The Hall–Kier alpha value is -2.35. The fourth-order valence-corrected chi connectivity index (χ4v) is 1.54. The largest absolute Gasteiger partial charge is 0.480 e. The molecule has 7 nitrogen and oxygen atoms in total. The SMILES string of the molecule is NC(=O)C[C@H](NC(=O)Nc1c(F)cccc1Cl)C(=O)O. The van der Waals surface area contributed by atoms with E-state index in [0.717, 1.165) is 6.07 Å². The lowest BCUT2D eigenvalue weighted by atomic mass is 10.2. The molecular weight excluding hydrogens is 293 g/mol. The predicted molar refractivity (Wildman–Crippen MR) is 68.8 cm³/mol. The lowest BCUT2D eigenvalue weighted by Gasteiger charge is -2.14. The maximum absolute atomic E-state index is 13.4. The molecule has 1 atom stereocenters. The molecule has 0 fully saturated rings. The van der Waals surface area contributed by atoms with Crippen molar-refractivity contribution in [2.45, 2.75) is 12.5 Å². The minimum absolute atomic E-state index is 0.0538. The van der Waals surface area contributed by atoms with Gasteiger partial charge in [0.1, 0.15) is 11.9 Å². The molecule has 0 aromatic heterocycles. The first-order valence-electron chi connectivity index (χ1n) is 5.34. The van der Waals surface area contributed by atoms with Gasteiger partial charge in [0.15, 0.2) is 0 Å². The van der Waals surface area contributed by atoms with Crippen LogP contribution in [0, 0.1) is 5.82 Å². The molecule has 1 rings (SSSR count). The zero-order valence-corrected chi connectivity index (χ0v) is 10.8. The summed E-state index contributed by atoms with van der Waals surface area (Å²) in [5.74, 6) is -3.13. The highest BCUT2D eigenvalue weighted by atomic mass is 35.5. The van der Waals surface area contributed by atoms with E-state index in [1.165, 1.54) is 12.1 Å². The highest BCUT2D eigenvalue weighted by Crippen LogP contribution is 2.24. The van der Waals surface area contributed by atoms with Crippen LogP contribution in [-0.4, -0.2) is 29.1 Å². The molecule has 0 bridgehead atoms. The van der Waals surface area contributed by atoms with Gasteiger partial charge in [0.2, 0.25) is 5.91 Å². The number of hydrogen-bond donors (Lipinski definition) is 4. The van der Waals surface area contributed by atoms with E-state index < -0.39 is 36.2 Å². The van der Waals surface area contributed by atoms with Crippen LogP contribution in [-0.2, 0) is 9.59 Å². The zero-order valence-electron chi connectivity index (χ0n) is 10.0. The molecule has 1 aromatic carbocycles. The lowest BCUT2D eigenvalue weighted by Crippen LogP contribution is -2.45. The van der Waals surface area contributed by atoms with Crippen LogP contribution in [0.2, 0.25) is 5.02 Å². The van der Waals surface area contributed by atoms with Crippen LogP contribution in [0.1, 0.15) is 6.42 Å². The minimum Gasteiger partial charge on any atom is -0.480 e. The van der Waals surface area contributed by atoms with Gasteiger partial charge in [-0.2, -0.15) is 0 Å². The Bertz CT molecular complexity index is 532. The van der Waals surface area contributed by atoms with Crippen molar-refractivity contribution >= 4 is 35.2 Å². The number of rotatable bonds is 5. The molecule has 0 saturated carbocycles. The molecule has 20 heavy (non-hydrogen) atoms. The number of carboxylic acids is 1. The van der Waals surface area contributed by atoms with E-state index >= 15 is 0 Å². The third-order valence-corrected chi connectivity index (χ3v) is 2.52. The van der Waals surface area contributed by atoms with Crippen molar-refractivity contribution in [2.75, 3.05) is 5.32 Å². The minimum atomic E-state index is -1.52. The monoisotopic (exact) mass is 303 g/mol. The highest BCUT2D eigenvalue weighted by molar-refractivity contribution is 6.33. The van der Waals surface area contributed by atoms with Gasteiger partial charge in [-0.1, -0.05) is 17.7 Å². The maximum Gasteiger partial charge on any atom is 0.326 e. The molecular formula is C11H11ClFN3O4. The zero-order chi connectivity index (χ0) is 15.3. The summed E-state index contributed by atoms with van der Waals surface area (Å²) < 4.78 is 13.4. The number of nitrogens with two attached hydrogens (primary N) is 1. The number of halogens is 2. The first-order valence-corrected chi connectivity index (χ1v) is 5.71. The average Bonchev–Trinajstić information content (AvgIpc) is 2.32. The van der Waals surface area contributed by atoms with Crippen molar-refractivity contribution in [3.8, 4) is 0 Å². The average molecular weight is 304 g/mol. The standard InChI is InChI=1S/C11H11ClFN3O4/c12-5-2-1-3-6(13)9(5)16-11(20)15-7(10(18)19)4-8(14)17/h1-3,7H,4H2,(H2,14,17)(H,18,19)(H2,15,16,20)/t7-/m0/s1. The highest BCUT2D eigenvalue weighted by Gasteiger charge is 2.22. The number of amides is 3. The van der Waals surface area contributed by atoms with Crippen LogP contribution in [0.3, 0.4) is 0 Å².